The molecule has 0 fully saturated rings. The lowest BCUT2D eigenvalue weighted by Gasteiger charge is -2.07. The first kappa shape index (κ1) is 12.3. The van der Waals surface area contributed by atoms with Gasteiger partial charge in [0.2, 0.25) is 0 Å². The van der Waals surface area contributed by atoms with Crippen molar-refractivity contribution in [2.75, 3.05) is 6.61 Å². The van der Waals surface area contributed by atoms with E-state index in [9.17, 15) is 4.79 Å². The Kier molecular flexibility index (Phi) is 3.72. The molecule has 3 nitrogen and oxygen atoms in total. The molecule has 1 aromatic carbocycles. The molecule has 0 amide bonds. The monoisotopic (exact) mass is 241 g/mol. The third-order valence-electron chi connectivity index (χ3n) is 2.52. The van der Waals surface area contributed by atoms with Gasteiger partial charge in [0.05, 0.1) is 0 Å². The van der Waals surface area contributed by atoms with Gasteiger partial charge in [-0.3, -0.25) is 9.78 Å². The molecular weight excluding hydrogens is 226 g/mol. The van der Waals surface area contributed by atoms with E-state index in [2.05, 4.69) is 4.98 Å². The molecule has 0 aliphatic carbocycles. The van der Waals surface area contributed by atoms with Crippen molar-refractivity contribution in [3.05, 3.63) is 59.4 Å². The predicted octanol–water partition coefficient (Wildman–Crippen LogP) is 2.96. The Bertz CT molecular complexity index is 529. The number of ether oxygens (including phenoxy) is 1. The van der Waals surface area contributed by atoms with Gasteiger partial charge in [-0.1, -0.05) is 30.3 Å². The van der Waals surface area contributed by atoms with Gasteiger partial charge in [-0.15, -0.1) is 0 Å². The van der Waals surface area contributed by atoms with Crippen LogP contribution in [0.4, 0.5) is 0 Å². The van der Waals surface area contributed by atoms with Crippen molar-refractivity contribution in [2.45, 2.75) is 13.8 Å². The zero-order valence-electron chi connectivity index (χ0n) is 10.5. The van der Waals surface area contributed by atoms with Crippen LogP contribution in [0.2, 0.25) is 0 Å². The van der Waals surface area contributed by atoms with Gasteiger partial charge >= 0.3 is 0 Å². The fourth-order valence-corrected chi connectivity index (χ4v) is 1.74. The summed E-state index contributed by atoms with van der Waals surface area (Å²) in [7, 11) is 0. The first-order valence-corrected chi connectivity index (χ1v) is 5.81. The Morgan fingerprint density at radius 3 is 2.33 bits per heavy atom. The van der Waals surface area contributed by atoms with Crippen LogP contribution in [0.3, 0.4) is 0 Å². The van der Waals surface area contributed by atoms with Crippen LogP contribution in [-0.4, -0.2) is 17.4 Å². The highest BCUT2D eigenvalue weighted by atomic mass is 16.5. The zero-order chi connectivity index (χ0) is 13.0. The Labute approximate surface area is 106 Å². The maximum absolute atomic E-state index is 11.8. The van der Waals surface area contributed by atoms with E-state index in [1.165, 1.54) is 0 Å². The first-order valence-electron chi connectivity index (χ1n) is 5.81. The van der Waals surface area contributed by atoms with Crippen LogP contribution in [0.5, 0.6) is 5.75 Å². The average molecular weight is 241 g/mol. The SMILES string of the molecule is Cc1cc(OCC(=O)c2ccccc2)cc(C)n1. The van der Waals surface area contributed by atoms with Crippen LogP contribution in [-0.2, 0) is 0 Å². The second-order valence-electron chi connectivity index (χ2n) is 4.16. The van der Waals surface area contributed by atoms with Gasteiger partial charge in [0.15, 0.2) is 12.4 Å². The van der Waals surface area contributed by atoms with E-state index in [1.54, 1.807) is 12.1 Å². The maximum atomic E-state index is 11.8. The Morgan fingerprint density at radius 2 is 1.72 bits per heavy atom. The number of ketones is 1. The topological polar surface area (TPSA) is 39.2 Å². The fraction of sp³-hybridized carbons (Fsp3) is 0.200. The molecule has 0 bridgehead atoms. The maximum Gasteiger partial charge on any atom is 0.200 e. The number of pyridine rings is 1. The minimum Gasteiger partial charge on any atom is -0.485 e. The third-order valence-corrected chi connectivity index (χ3v) is 2.52. The summed E-state index contributed by atoms with van der Waals surface area (Å²) in [6, 6.07) is 12.8. The molecule has 0 spiro atoms. The summed E-state index contributed by atoms with van der Waals surface area (Å²) in [5.41, 5.74) is 2.44. The first-order chi connectivity index (χ1) is 8.65. The summed E-state index contributed by atoms with van der Waals surface area (Å²) in [5.74, 6) is 0.659. The molecule has 0 saturated heterocycles. The van der Waals surface area contributed by atoms with E-state index in [-0.39, 0.29) is 12.4 Å². The molecule has 0 unspecified atom stereocenters. The summed E-state index contributed by atoms with van der Waals surface area (Å²) in [5, 5.41) is 0. The number of Topliss-reactive ketones (excluding diaryl/α,β-unsaturated/α-hetero) is 1. The quantitative estimate of drug-likeness (QED) is 0.772. The molecule has 2 rings (SSSR count). The summed E-state index contributed by atoms with van der Waals surface area (Å²) >= 11 is 0. The molecule has 1 aromatic heterocycles. The second kappa shape index (κ2) is 5.45. The standard InChI is InChI=1S/C15H15NO2/c1-11-8-14(9-12(2)16-11)18-10-15(17)13-6-4-3-5-7-13/h3-9H,10H2,1-2H3. The van der Waals surface area contributed by atoms with Crippen LogP contribution in [0.15, 0.2) is 42.5 Å². The Morgan fingerprint density at radius 1 is 1.11 bits per heavy atom. The van der Waals surface area contributed by atoms with Crippen molar-refractivity contribution in [3.8, 4) is 5.75 Å². The van der Waals surface area contributed by atoms with E-state index in [0.29, 0.717) is 11.3 Å². The molecule has 92 valence electrons. The normalized spacial score (nSPS) is 10.1. The minimum absolute atomic E-state index is 0.0253. The molecule has 0 atom stereocenters. The zero-order valence-corrected chi connectivity index (χ0v) is 10.5. The van der Waals surface area contributed by atoms with Gasteiger partial charge in [-0.05, 0) is 13.8 Å². The number of carbonyl (C=O) groups excluding carboxylic acids is 1. The van der Waals surface area contributed by atoms with Crippen molar-refractivity contribution in [2.24, 2.45) is 0 Å². The van der Waals surface area contributed by atoms with Crippen molar-refractivity contribution in [1.82, 2.24) is 4.98 Å². The second-order valence-corrected chi connectivity index (χ2v) is 4.16. The third kappa shape index (κ3) is 3.17. The number of aromatic nitrogens is 1. The summed E-state index contributed by atoms with van der Waals surface area (Å²) in [6.45, 7) is 3.85. The van der Waals surface area contributed by atoms with E-state index >= 15 is 0 Å². The molecular formula is C15H15NO2. The molecule has 0 saturated carbocycles. The highest BCUT2D eigenvalue weighted by molar-refractivity contribution is 5.97. The number of aryl methyl sites for hydroxylation is 2. The van der Waals surface area contributed by atoms with E-state index in [1.807, 2.05) is 44.2 Å². The highest BCUT2D eigenvalue weighted by Gasteiger charge is 2.06. The number of nitrogens with zero attached hydrogens (tertiary/aromatic N) is 1. The number of hydrogen-bond acceptors (Lipinski definition) is 3. The number of benzene rings is 1. The lowest BCUT2D eigenvalue weighted by atomic mass is 10.1. The molecule has 0 radical (unpaired) electrons. The van der Waals surface area contributed by atoms with Gasteiger partial charge in [0.25, 0.3) is 0 Å². The van der Waals surface area contributed by atoms with Gasteiger partial charge in [0, 0.05) is 29.1 Å². The molecule has 0 aliphatic rings. The largest absolute Gasteiger partial charge is 0.485 e. The Hall–Kier alpha value is -2.16. The van der Waals surface area contributed by atoms with Crippen molar-refractivity contribution in [1.29, 1.82) is 0 Å². The van der Waals surface area contributed by atoms with Crippen molar-refractivity contribution < 1.29 is 9.53 Å². The van der Waals surface area contributed by atoms with Gasteiger partial charge < -0.3 is 4.74 Å². The molecule has 0 aliphatic heterocycles. The van der Waals surface area contributed by atoms with E-state index in [4.69, 9.17) is 4.74 Å². The summed E-state index contributed by atoms with van der Waals surface area (Å²) < 4.78 is 5.49. The molecule has 3 heteroatoms. The fourth-order valence-electron chi connectivity index (χ4n) is 1.74. The minimum atomic E-state index is -0.0253. The lowest BCUT2D eigenvalue weighted by Crippen LogP contribution is -2.11. The van der Waals surface area contributed by atoms with E-state index < -0.39 is 0 Å². The number of carbonyl (C=O) groups is 1. The lowest BCUT2D eigenvalue weighted by molar-refractivity contribution is 0.0921. The summed E-state index contributed by atoms with van der Waals surface area (Å²) in [4.78, 5) is 16.1. The van der Waals surface area contributed by atoms with E-state index in [0.717, 1.165) is 11.4 Å². The molecule has 0 N–H and O–H groups in total. The van der Waals surface area contributed by atoms with Crippen LogP contribution in [0, 0.1) is 13.8 Å². The smallest absolute Gasteiger partial charge is 0.200 e. The number of hydrogen-bond donors (Lipinski definition) is 0. The molecule has 18 heavy (non-hydrogen) atoms. The highest BCUT2D eigenvalue weighted by Crippen LogP contribution is 2.13. The predicted molar refractivity (Wildman–Crippen MR) is 70.0 cm³/mol. The van der Waals surface area contributed by atoms with Gasteiger partial charge in [-0.25, -0.2) is 0 Å². The molecule has 1 heterocycles. The Balaban J connectivity index is 2.02. The van der Waals surface area contributed by atoms with Gasteiger partial charge in [-0.2, -0.15) is 0 Å². The van der Waals surface area contributed by atoms with Crippen molar-refractivity contribution in [3.63, 3.8) is 0 Å². The average Bonchev–Trinajstić information content (AvgIpc) is 2.36. The van der Waals surface area contributed by atoms with Crippen LogP contribution in [0.1, 0.15) is 21.7 Å². The summed E-state index contributed by atoms with van der Waals surface area (Å²) in [6.07, 6.45) is 0. The molecule has 2 aromatic rings. The van der Waals surface area contributed by atoms with Crippen LogP contribution < -0.4 is 4.74 Å². The number of rotatable bonds is 4. The van der Waals surface area contributed by atoms with Crippen LogP contribution in [0.25, 0.3) is 0 Å². The van der Waals surface area contributed by atoms with Gasteiger partial charge in [0.1, 0.15) is 5.75 Å². The van der Waals surface area contributed by atoms with Crippen molar-refractivity contribution >= 4 is 5.78 Å². The van der Waals surface area contributed by atoms with Crippen LogP contribution >= 0.6 is 0 Å².